The zero-order valence-corrected chi connectivity index (χ0v) is 11.7. The number of primary amides is 1. The van der Waals surface area contributed by atoms with Crippen LogP contribution in [0.1, 0.15) is 19.8 Å². The molecule has 4 atom stereocenters. The van der Waals surface area contributed by atoms with Crippen LogP contribution < -0.4 is 5.73 Å². The van der Waals surface area contributed by atoms with E-state index in [4.69, 9.17) is 10.6 Å². The van der Waals surface area contributed by atoms with E-state index in [0.717, 1.165) is 0 Å². The lowest BCUT2D eigenvalue weighted by Gasteiger charge is -2.44. The number of hydrogen-bond acceptors (Lipinski definition) is 6. The smallest absolute Gasteiger partial charge is 0.352 e. The molecule has 0 aromatic rings. The first-order valence-electron chi connectivity index (χ1n) is 6.83. The van der Waals surface area contributed by atoms with Crippen molar-refractivity contribution in [1.29, 1.82) is 0 Å². The highest BCUT2D eigenvalue weighted by Crippen LogP contribution is 2.45. The molecule has 3 heterocycles. The molecular formula is C13H15N3O6. The largest absolute Gasteiger partial charge is 0.477 e. The summed E-state index contributed by atoms with van der Waals surface area (Å²) in [5.74, 6) is -3.00. The van der Waals surface area contributed by atoms with Gasteiger partial charge in [0.05, 0.1) is 18.1 Å². The van der Waals surface area contributed by atoms with Gasteiger partial charge in [-0.05, 0) is 13.3 Å². The Bertz CT molecular complexity index is 638. The van der Waals surface area contributed by atoms with E-state index in [-0.39, 0.29) is 24.3 Å². The second kappa shape index (κ2) is 4.80. The van der Waals surface area contributed by atoms with Crippen LogP contribution >= 0.6 is 0 Å². The Morgan fingerprint density at radius 2 is 2.14 bits per heavy atom. The van der Waals surface area contributed by atoms with Crippen LogP contribution in [0, 0.1) is 5.92 Å². The summed E-state index contributed by atoms with van der Waals surface area (Å²) >= 11 is 0. The number of carbonyl (C=O) groups excluding carboxylic acids is 2. The Labute approximate surface area is 125 Å². The van der Waals surface area contributed by atoms with Crippen LogP contribution in [-0.4, -0.2) is 56.9 Å². The number of fused-ring (bicyclic) bond motifs is 1. The summed E-state index contributed by atoms with van der Waals surface area (Å²) < 4.78 is 0. The van der Waals surface area contributed by atoms with Gasteiger partial charge in [-0.25, -0.2) is 4.79 Å². The molecule has 3 rings (SSSR count). The molecule has 22 heavy (non-hydrogen) atoms. The molecule has 0 aromatic heterocycles. The molecule has 0 radical (unpaired) electrons. The van der Waals surface area contributed by atoms with E-state index in [9.17, 15) is 24.6 Å². The second-order valence-electron chi connectivity index (χ2n) is 5.63. The quantitative estimate of drug-likeness (QED) is 0.543. The van der Waals surface area contributed by atoms with Crippen LogP contribution in [-0.2, 0) is 19.2 Å². The van der Waals surface area contributed by atoms with Crippen LogP contribution in [0.3, 0.4) is 0 Å². The fourth-order valence-electron chi connectivity index (χ4n) is 3.30. The molecule has 0 spiro atoms. The number of nitrogens with two attached hydrogens (primary N) is 1. The molecule has 3 aliphatic rings. The third kappa shape index (κ3) is 1.89. The van der Waals surface area contributed by atoms with Crippen molar-refractivity contribution in [2.75, 3.05) is 0 Å². The predicted molar refractivity (Wildman–Crippen MR) is 71.2 cm³/mol. The van der Waals surface area contributed by atoms with Gasteiger partial charge >= 0.3 is 5.97 Å². The van der Waals surface area contributed by atoms with Gasteiger partial charge < -0.3 is 25.7 Å². The maximum absolute atomic E-state index is 12.1. The standard InChI is InChI=1S/C13H15N3O6/c1-4(17)9-7-2-5(8-3-6(11(14)18)15-22-8)10(13(20)21)16(7)12(9)19/h4,7-9,17H,2-3H2,1H3,(H2,14,18)(H,20,21)/t4-,7-,8+,9-/m1/s1. The van der Waals surface area contributed by atoms with Crippen molar-refractivity contribution in [3.05, 3.63) is 11.3 Å². The van der Waals surface area contributed by atoms with E-state index >= 15 is 0 Å². The lowest BCUT2D eigenvalue weighted by atomic mass is 9.82. The van der Waals surface area contributed by atoms with E-state index in [0.29, 0.717) is 5.57 Å². The summed E-state index contributed by atoms with van der Waals surface area (Å²) in [4.78, 5) is 40.9. The van der Waals surface area contributed by atoms with Gasteiger partial charge in [-0.2, -0.15) is 0 Å². The minimum Gasteiger partial charge on any atom is -0.477 e. The first-order valence-corrected chi connectivity index (χ1v) is 6.83. The van der Waals surface area contributed by atoms with Crippen LogP contribution in [0.25, 0.3) is 0 Å². The summed E-state index contributed by atoms with van der Waals surface area (Å²) in [6.45, 7) is 1.50. The molecule has 3 aliphatic heterocycles. The van der Waals surface area contributed by atoms with Crippen molar-refractivity contribution in [2.45, 2.75) is 38.0 Å². The number of β-lactam (4-membered cyclic amide) rings is 1. The maximum Gasteiger partial charge on any atom is 0.352 e. The number of hydrogen-bond donors (Lipinski definition) is 3. The number of nitrogens with zero attached hydrogens (tertiary/aromatic N) is 2. The van der Waals surface area contributed by atoms with E-state index in [2.05, 4.69) is 5.16 Å². The SMILES string of the molecule is C[C@@H](O)[C@H]1C(=O)N2C(C(=O)O)=C([C@@H]3CC(C(N)=O)=NO3)C[C@H]12. The molecule has 4 N–H and O–H groups in total. The average molecular weight is 309 g/mol. The minimum absolute atomic E-state index is 0.0369. The Morgan fingerprint density at radius 3 is 2.64 bits per heavy atom. The van der Waals surface area contributed by atoms with Crippen molar-refractivity contribution < 1.29 is 29.4 Å². The van der Waals surface area contributed by atoms with Crippen LogP contribution in [0.4, 0.5) is 0 Å². The van der Waals surface area contributed by atoms with Crippen molar-refractivity contribution in [3.63, 3.8) is 0 Å². The fraction of sp³-hybridized carbons (Fsp3) is 0.538. The van der Waals surface area contributed by atoms with Crippen LogP contribution in [0.2, 0.25) is 0 Å². The molecule has 9 nitrogen and oxygen atoms in total. The van der Waals surface area contributed by atoms with Gasteiger partial charge in [0.1, 0.15) is 11.4 Å². The zero-order chi connectivity index (χ0) is 16.2. The number of carboxylic acids is 1. The number of aliphatic hydroxyl groups excluding tert-OH is 1. The van der Waals surface area contributed by atoms with E-state index in [1.165, 1.54) is 11.8 Å². The Hall–Kier alpha value is -2.42. The minimum atomic E-state index is -1.24. The summed E-state index contributed by atoms with van der Waals surface area (Å²) in [7, 11) is 0. The number of carbonyl (C=O) groups is 3. The summed E-state index contributed by atoms with van der Waals surface area (Å²) in [5.41, 5.74) is 5.42. The molecular weight excluding hydrogens is 294 g/mol. The van der Waals surface area contributed by atoms with Crippen molar-refractivity contribution in [3.8, 4) is 0 Å². The third-order valence-corrected chi connectivity index (χ3v) is 4.31. The Kier molecular flexibility index (Phi) is 3.17. The molecule has 0 aromatic carbocycles. The molecule has 0 saturated carbocycles. The molecule has 2 amide bonds. The monoisotopic (exact) mass is 309 g/mol. The molecule has 0 aliphatic carbocycles. The number of aliphatic hydroxyl groups is 1. The van der Waals surface area contributed by atoms with Gasteiger partial charge in [0.25, 0.3) is 5.91 Å². The summed E-state index contributed by atoms with van der Waals surface area (Å²) in [5, 5.41) is 22.6. The first-order chi connectivity index (χ1) is 10.3. The van der Waals surface area contributed by atoms with Gasteiger partial charge in [0.2, 0.25) is 5.91 Å². The topological polar surface area (TPSA) is 143 Å². The highest BCUT2D eigenvalue weighted by atomic mass is 16.6. The van der Waals surface area contributed by atoms with Gasteiger partial charge in [0, 0.05) is 12.0 Å². The fourth-order valence-corrected chi connectivity index (χ4v) is 3.30. The van der Waals surface area contributed by atoms with Crippen molar-refractivity contribution >= 4 is 23.5 Å². The third-order valence-electron chi connectivity index (χ3n) is 4.31. The first kappa shape index (κ1) is 14.5. The number of carboxylic acid groups (broad SMARTS) is 1. The molecule has 1 fully saturated rings. The number of oxime groups is 1. The van der Waals surface area contributed by atoms with E-state index in [1.54, 1.807) is 0 Å². The van der Waals surface area contributed by atoms with E-state index < -0.39 is 42.0 Å². The van der Waals surface area contributed by atoms with E-state index in [1.807, 2.05) is 0 Å². The molecule has 9 heteroatoms. The highest BCUT2D eigenvalue weighted by molar-refractivity contribution is 6.38. The number of amides is 2. The number of aliphatic carboxylic acids is 1. The molecule has 0 unspecified atom stereocenters. The van der Waals surface area contributed by atoms with Gasteiger partial charge in [-0.1, -0.05) is 5.16 Å². The van der Waals surface area contributed by atoms with Gasteiger partial charge in [0.15, 0.2) is 6.10 Å². The molecule has 1 saturated heterocycles. The Balaban J connectivity index is 1.87. The average Bonchev–Trinajstić information content (AvgIpc) is 2.99. The van der Waals surface area contributed by atoms with Crippen LogP contribution in [0.15, 0.2) is 16.4 Å². The maximum atomic E-state index is 12.1. The predicted octanol–water partition coefficient (Wildman–Crippen LogP) is -1.43. The van der Waals surface area contributed by atoms with Crippen LogP contribution in [0.5, 0.6) is 0 Å². The van der Waals surface area contributed by atoms with Crippen molar-refractivity contribution in [2.24, 2.45) is 16.8 Å². The lowest BCUT2D eigenvalue weighted by molar-refractivity contribution is -0.161. The van der Waals surface area contributed by atoms with Crippen molar-refractivity contribution in [1.82, 2.24) is 4.90 Å². The second-order valence-corrected chi connectivity index (χ2v) is 5.63. The van der Waals surface area contributed by atoms with Gasteiger partial charge in [-0.3, -0.25) is 9.59 Å². The normalized spacial score (nSPS) is 31.4. The highest BCUT2D eigenvalue weighted by Gasteiger charge is 2.58. The Morgan fingerprint density at radius 1 is 1.45 bits per heavy atom. The molecule has 0 bridgehead atoms. The van der Waals surface area contributed by atoms with Gasteiger partial charge in [-0.15, -0.1) is 0 Å². The number of rotatable bonds is 4. The zero-order valence-electron chi connectivity index (χ0n) is 11.7. The summed E-state index contributed by atoms with van der Waals surface area (Å²) in [6, 6.07) is -0.394. The molecule has 118 valence electrons. The lowest BCUT2D eigenvalue weighted by Crippen LogP contribution is -2.61. The summed E-state index contributed by atoms with van der Waals surface area (Å²) in [6.07, 6.45) is -1.23.